The van der Waals surface area contributed by atoms with Crippen LogP contribution in [0.1, 0.15) is 24.5 Å². The standard InChI is InChI=1S/C12H17NO/c1-10-5-7-12(8-6-10)4-3-9-13-11(2)14/h5-8H,3-4,9H2,1-2H3,(H,13,14). The zero-order valence-corrected chi connectivity index (χ0v) is 8.84. The molecule has 0 heterocycles. The number of rotatable bonds is 4. The van der Waals surface area contributed by atoms with Crippen molar-refractivity contribution in [1.29, 1.82) is 0 Å². The Kier molecular flexibility index (Phi) is 4.17. The smallest absolute Gasteiger partial charge is 0.216 e. The molecular weight excluding hydrogens is 174 g/mol. The Hall–Kier alpha value is -1.31. The zero-order valence-electron chi connectivity index (χ0n) is 8.84. The maximum absolute atomic E-state index is 10.6. The molecule has 76 valence electrons. The zero-order chi connectivity index (χ0) is 10.4. The van der Waals surface area contributed by atoms with Crippen molar-refractivity contribution < 1.29 is 4.79 Å². The summed E-state index contributed by atoms with van der Waals surface area (Å²) in [5.41, 5.74) is 2.62. The van der Waals surface area contributed by atoms with Crippen LogP contribution < -0.4 is 5.32 Å². The monoisotopic (exact) mass is 191 g/mol. The Morgan fingerprint density at radius 3 is 2.50 bits per heavy atom. The van der Waals surface area contributed by atoms with Crippen LogP contribution in [0, 0.1) is 6.92 Å². The fourth-order valence-corrected chi connectivity index (χ4v) is 1.31. The normalized spacial score (nSPS) is 9.86. The molecule has 0 aliphatic rings. The van der Waals surface area contributed by atoms with Crippen molar-refractivity contribution in [2.45, 2.75) is 26.7 Å². The van der Waals surface area contributed by atoms with Crippen LogP contribution in [0.4, 0.5) is 0 Å². The number of hydrogen-bond acceptors (Lipinski definition) is 1. The lowest BCUT2D eigenvalue weighted by atomic mass is 10.1. The Bertz CT molecular complexity index is 290. The molecule has 0 radical (unpaired) electrons. The molecule has 0 fully saturated rings. The quantitative estimate of drug-likeness (QED) is 0.725. The van der Waals surface area contributed by atoms with Gasteiger partial charge < -0.3 is 5.32 Å². The summed E-state index contributed by atoms with van der Waals surface area (Å²) < 4.78 is 0. The molecule has 0 unspecified atom stereocenters. The van der Waals surface area contributed by atoms with Crippen molar-refractivity contribution in [3.8, 4) is 0 Å². The fraction of sp³-hybridized carbons (Fsp3) is 0.417. The van der Waals surface area contributed by atoms with Crippen molar-refractivity contribution >= 4 is 5.91 Å². The minimum absolute atomic E-state index is 0.0499. The van der Waals surface area contributed by atoms with Crippen LogP contribution in [0.15, 0.2) is 24.3 Å². The van der Waals surface area contributed by atoms with Crippen LogP contribution in [0.3, 0.4) is 0 Å². The van der Waals surface area contributed by atoms with Gasteiger partial charge in [-0.05, 0) is 25.3 Å². The van der Waals surface area contributed by atoms with Crippen LogP contribution >= 0.6 is 0 Å². The molecule has 0 saturated carbocycles. The van der Waals surface area contributed by atoms with Gasteiger partial charge in [-0.15, -0.1) is 0 Å². The topological polar surface area (TPSA) is 29.1 Å². The van der Waals surface area contributed by atoms with Crippen LogP contribution in [-0.4, -0.2) is 12.5 Å². The van der Waals surface area contributed by atoms with Gasteiger partial charge in [-0.3, -0.25) is 4.79 Å². The van der Waals surface area contributed by atoms with Crippen LogP contribution in [-0.2, 0) is 11.2 Å². The molecule has 0 saturated heterocycles. The number of amides is 1. The summed E-state index contributed by atoms with van der Waals surface area (Å²) >= 11 is 0. The van der Waals surface area contributed by atoms with Gasteiger partial charge in [0.25, 0.3) is 0 Å². The Morgan fingerprint density at radius 1 is 1.29 bits per heavy atom. The number of aryl methyl sites for hydroxylation is 2. The number of benzene rings is 1. The van der Waals surface area contributed by atoms with E-state index < -0.39 is 0 Å². The summed E-state index contributed by atoms with van der Waals surface area (Å²) in [5.74, 6) is 0.0499. The van der Waals surface area contributed by atoms with Crippen molar-refractivity contribution in [2.24, 2.45) is 0 Å². The molecule has 0 aliphatic heterocycles. The maximum atomic E-state index is 10.6. The van der Waals surface area contributed by atoms with E-state index in [9.17, 15) is 4.79 Å². The Balaban J connectivity index is 2.25. The van der Waals surface area contributed by atoms with Gasteiger partial charge in [-0.2, -0.15) is 0 Å². The molecule has 0 spiro atoms. The molecule has 14 heavy (non-hydrogen) atoms. The lowest BCUT2D eigenvalue weighted by Crippen LogP contribution is -2.21. The minimum atomic E-state index is 0.0499. The summed E-state index contributed by atoms with van der Waals surface area (Å²) in [7, 11) is 0. The molecule has 1 aromatic rings. The van der Waals surface area contributed by atoms with E-state index in [2.05, 4.69) is 36.5 Å². The van der Waals surface area contributed by atoms with Gasteiger partial charge in [-0.1, -0.05) is 29.8 Å². The summed E-state index contributed by atoms with van der Waals surface area (Å²) in [5, 5.41) is 2.79. The Labute approximate surface area is 85.3 Å². The molecular formula is C12H17NO. The van der Waals surface area contributed by atoms with E-state index in [0.717, 1.165) is 19.4 Å². The summed E-state index contributed by atoms with van der Waals surface area (Å²) in [6, 6.07) is 8.52. The van der Waals surface area contributed by atoms with E-state index in [1.165, 1.54) is 11.1 Å². The van der Waals surface area contributed by atoms with E-state index in [0.29, 0.717) is 0 Å². The van der Waals surface area contributed by atoms with E-state index in [-0.39, 0.29) is 5.91 Å². The van der Waals surface area contributed by atoms with Crippen molar-refractivity contribution in [3.05, 3.63) is 35.4 Å². The molecule has 1 amide bonds. The van der Waals surface area contributed by atoms with Crippen LogP contribution in [0.5, 0.6) is 0 Å². The highest BCUT2D eigenvalue weighted by Crippen LogP contribution is 2.04. The molecule has 2 nitrogen and oxygen atoms in total. The lowest BCUT2D eigenvalue weighted by molar-refractivity contribution is -0.118. The number of nitrogens with one attached hydrogen (secondary N) is 1. The van der Waals surface area contributed by atoms with Gasteiger partial charge >= 0.3 is 0 Å². The van der Waals surface area contributed by atoms with Crippen LogP contribution in [0.2, 0.25) is 0 Å². The molecule has 0 aliphatic carbocycles. The second kappa shape index (κ2) is 5.43. The highest BCUT2D eigenvalue weighted by molar-refractivity contribution is 5.72. The predicted molar refractivity (Wildman–Crippen MR) is 58.2 cm³/mol. The molecule has 1 N–H and O–H groups in total. The largest absolute Gasteiger partial charge is 0.356 e. The third-order valence-electron chi connectivity index (χ3n) is 2.14. The van der Waals surface area contributed by atoms with Crippen LogP contribution in [0.25, 0.3) is 0 Å². The SMILES string of the molecule is CC(=O)NCCCc1ccc(C)cc1. The van der Waals surface area contributed by atoms with Gasteiger partial charge in [0.2, 0.25) is 5.91 Å². The molecule has 0 aromatic heterocycles. The molecule has 1 aromatic carbocycles. The van der Waals surface area contributed by atoms with E-state index >= 15 is 0 Å². The average molecular weight is 191 g/mol. The third-order valence-corrected chi connectivity index (χ3v) is 2.14. The van der Waals surface area contributed by atoms with Gasteiger partial charge in [0.1, 0.15) is 0 Å². The van der Waals surface area contributed by atoms with Crippen molar-refractivity contribution in [3.63, 3.8) is 0 Å². The minimum Gasteiger partial charge on any atom is -0.356 e. The maximum Gasteiger partial charge on any atom is 0.216 e. The van der Waals surface area contributed by atoms with Gasteiger partial charge in [0.05, 0.1) is 0 Å². The summed E-state index contributed by atoms with van der Waals surface area (Å²) in [6.07, 6.45) is 2.03. The first-order valence-corrected chi connectivity index (χ1v) is 4.98. The molecule has 0 bridgehead atoms. The first-order valence-electron chi connectivity index (χ1n) is 4.98. The van der Waals surface area contributed by atoms with E-state index in [1.54, 1.807) is 6.92 Å². The summed E-state index contributed by atoms with van der Waals surface area (Å²) in [6.45, 7) is 4.40. The first kappa shape index (κ1) is 10.8. The van der Waals surface area contributed by atoms with Gasteiger partial charge in [-0.25, -0.2) is 0 Å². The Morgan fingerprint density at radius 2 is 1.93 bits per heavy atom. The predicted octanol–water partition coefficient (Wildman–Crippen LogP) is 2.06. The number of hydrogen-bond donors (Lipinski definition) is 1. The van der Waals surface area contributed by atoms with Crippen molar-refractivity contribution in [2.75, 3.05) is 6.54 Å². The number of carbonyl (C=O) groups excluding carboxylic acids is 1. The second-order valence-electron chi connectivity index (χ2n) is 3.57. The lowest BCUT2D eigenvalue weighted by Gasteiger charge is -2.02. The number of carbonyl (C=O) groups is 1. The molecule has 2 heteroatoms. The molecule has 0 atom stereocenters. The van der Waals surface area contributed by atoms with Gasteiger partial charge in [0, 0.05) is 13.5 Å². The summed E-state index contributed by atoms with van der Waals surface area (Å²) in [4.78, 5) is 10.6. The third kappa shape index (κ3) is 4.08. The second-order valence-corrected chi connectivity index (χ2v) is 3.57. The van der Waals surface area contributed by atoms with E-state index in [4.69, 9.17) is 0 Å². The van der Waals surface area contributed by atoms with Gasteiger partial charge in [0.15, 0.2) is 0 Å². The van der Waals surface area contributed by atoms with E-state index in [1.807, 2.05) is 0 Å². The highest BCUT2D eigenvalue weighted by atomic mass is 16.1. The average Bonchev–Trinajstić information content (AvgIpc) is 2.15. The fourth-order valence-electron chi connectivity index (χ4n) is 1.31. The highest BCUT2D eigenvalue weighted by Gasteiger charge is 1.94. The van der Waals surface area contributed by atoms with Crippen molar-refractivity contribution in [1.82, 2.24) is 5.32 Å². The first-order chi connectivity index (χ1) is 6.68. The molecule has 1 rings (SSSR count).